The zero-order valence-corrected chi connectivity index (χ0v) is 14.8. The number of hydrogen-bond donors (Lipinski definition) is 1. The molecule has 1 aliphatic heterocycles. The molecule has 1 N–H and O–H groups in total. The van der Waals surface area contributed by atoms with Gasteiger partial charge < -0.3 is 9.88 Å². The first-order valence-corrected chi connectivity index (χ1v) is 8.93. The summed E-state index contributed by atoms with van der Waals surface area (Å²) in [7, 11) is 0. The number of benzene rings is 2. The second kappa shape index (κ2) is 6.92. The SMILES string of the molecule is O=C(c1ccc(F)c(C(F)(F)F)c1)N1CCCC(c2nc3ccccc3[nH]2)C1. The van der Waals surface area contributed by atoms with Crippen LogP contribution in [0.4, 0.5) is 17.6 Å². The number of rotatable bonds is 2. The zero-order valence-electron chi connectivity index (χ0n) is 14.8. The molecule has 1 saturated heterocycles. The van der Waals surface area contributed by atoms with E-state index in [4.69, 9.17) is 0 Å². The lowest BCUT2D eigenvalue weighted by Crippen LogP contribution is -2.39. The summed E-state index contributed by atoms with van der Waals surface area (Å²) in [5, 5.41) is 0. The third kappa shape index (κ3) is 3.46. The molecule has 1 atom stereocenters. The number of aromatic amines is 1. The zero-order chi connectivity index (χ0) is 19.9. The van der Waals surface area contributed by atoms with E-state index in [1.807, 2.05) is 24.3 Å². The number of alkyl halides is 3. The summed E-state index contributed by atoms with van der Waals surface area (Å²) >= 11 is 0. The second-order valence-electron chi connectivity index (χ2n) is 6.92. The van der Waals surface area contributed by atoms with Crippen molar-refractivity contribution < 1.29 is 22.4 Å². The largest absolute Gasteiger partial charge is 0.419 e. The van der Waals surface area contributed by atoms with Crippen molar-refractivity contribution in [3.05, 3.63) is 65.2 Å². The molecule has 28 heavy (non-hydrogen) atoms. The number of para-hydroxylation sites is 2. The molecule has 2 aromatic carbocycles. The maximum absolute atomic E-state index is 13.5. The van der Waals surface area contributed by atoms with E-state index in [0.717, 1.165) is 29.3 Å². The van der Waals surface area contributed by atoms with Crippen molar-refractivity contribution in [3.8, 4) is 0 Å². The molecule has 1 aromatic heterocycles. The summed E-state index contributed by atoms with van der Waals surface area (Å²) in [4.78, 5) is 22.1. The third-order valence-corrected chi connectivity index (χ3v) is 5.02. The van der Waals surface area contributed by atoms with Crippen LogP contribution < -0.4 is 0 Å². The van der Waals surface area contributed by atoms with Crippen LogP contribution in [0.25, 0.3) is 11.0 Å². The minimum Gasteiger partial charge on any atom is -0.342 e. The number of carbonyl (C=O) groups excluding carboxylic acids is 1. The van der Waals surface area contributed by atoms with Crippen LogP contribution in [-0.2, 0) is 6.18 Å². The first kappa shape index (κ1) is 18.5. The van der Waals surface area contributed by atoms with Crippen LogP contribution in [-0.4, -0.2) is 33.9 Å². The Bertz CT molecular complexity index is 995. The molecule has 0 saturated carbocycles. The number of aromatic nitrogens is 2. The summed E-state index contributed by atoms with van der Waals surface area (Å²) in [6.07, 6.45) is -3.32. The number of piperidine rings is 1. The van der Waals surface area contributed by atoms with E-state index in [1.165, 1.54) is 4.90 Å². The lowest BCUT2D eigenvalue weighted by Gasteiger charge is -2.32. The number of halogens is 4. The molecule has 0 radical (unpaired) electrons. The summed E-state index contributed by atoms with van der Waals surface area (Å²) < 4.78 is 52.3. The van der Waals surface area contributed by atoms with E-state index < -0.39 is 23.5 Å². The average molecular weight is 391 g/mol. The van der Waals surface area contributed by atoms with Gasteiger partial charge in [-0.05, 0) is 43.2 Å². The monoisotopic (exact) mass is 391 g/mol. The van der Waals surface area contributed by atoms with Gasteiger partial charge >= 0.3 is 6.18 Å². The van der Waals surface area contributed by atoms with Crippen LogP contribution in [0.3, 0.4) is 0 Å². The van der Waals surface area contributed by atoms with E-state index in [1.54, 1.807) is 0 Å². The predicted octanol–water partition coefficient (Wildman–Crippen LogP) is 4.74. The fourth-order valence-corrected chi connectivity index (χ4v) is 3.61. The highest BCUT2D eigenvalue weighted by Gasteiger charge is 2.35. The van der Waals surface area contributed by atoms with Gasteiger partial charge in [0.2, 0.25) is 0 Å². The van der Waals surface area contributed by atoms with E-state index in [0.29, 0.717) is 31.6 Å². The van der Waals surface area contributed by atoms with Crippen LogP contribution in [0.2, 0.25) is 0 Å². The van der Waals surface area contributed by atoms with Crippen molar-refractivity contribution in [2.45, 2.75) is 24.9 Å². The quantitative estimate of drug-likeness (QED) is 0.642. The lowest BCUT2D eigenvalue weighted by molar-refractivity contribution is -0.140. The molecular weight excluding hydrogens is 374 g/mol. The minimum atomic E-state index is -4.85. The van der Waals surface area contributed by atoms with Gasteiger partial charge in [-0.1, -0.05) is 12.1 Å². The minimum absolute atomic E-state index is 0.0346. The average Bonchev–Trinajstić information content (AvgIpc) is 3.11. The first-order valence-electron chi connectivity index (χ1n) is 8.93. The van der Waals surface area contributed by atoms with Gasteiger partial charge in [0.05, 0.1) is 16.6 Å². The Morgan fingerprint density at radius 1 is 1.18 bits per heavy atom. The maximum atomic E-state index is 13.5. The summed E-state index contributed by atoms with van der Waals surface area (Å²) in [6, 6.07) is 9.95. The molecule has 0 spiro atoms. The van der Waals surface area contributed by atoms with Crippen LogP contribution in [0.15, 0.2) is 42.5 Å². The van der Waals surface area contributed by atoms with Crippen molar-refractivity contribution in [2.24, 2.45) is 0 Å². The molecule has 146 valence electrons. The molecule has 3 aromatic rings. The Labute approximate surface area is 158 Å². The Morgan fingerprint density at radius 3 is 2.71 bits per heavy atom. The number of nitrogens with zero attached hydrogens (tertiary/aromatic N) is 2. The highest BCUT2D eigenvalue weighted by atomic mass is 19.4. The lowest BCUT2D eigenvalue weighted by atomic mass is 9.96. The maximum Gasteiger partial charge on any atom is 0.419 e. The molecule has 1 unspecified atom stereocenters. The third-order valence-electron chi connectivity index (χ3n) is 5.02. The van der Waals surface area contributed by atoms with Gasteiger partial charge in [-0.2, -0.15) is 13.2 Å². The summed E-state index contributed by atoms with van der Waals surface area (Å²) in [6.45, 7) is 0.783. The van der Waals surface area contributed by atoms with Crippen molar-refractivity contribution >= 4 is 16.9 Å². The van der Waals surface area contributed by atoms with Crippen molar-refractivity contribution in [2.75, 3.05) is 13.1 Å². The van der Waals surface area contributed by atoms with Gasteiger partial charge in [0.1, 0.15) is 11.6 Å². The molecule has 0 bridgehead atoms. The van der Waals surface area contributed by atoms with Crippen molar-refractivity contribution in [1.82, 2.24) is 14.9 Å². The molecule has 1 amide bonds. The Morgan fingerprint density at radius 2 is 1.96 bits per heavy atom. The topological polar surface area (TPSA) is 49.0 Å². The highest BCUT2D eigenvalue weighted by Crippen LogP contribution is 2.33. The smallest absolute Gasteiger partial charge is 0.342 e. The fraction of sp³-hybridized carbons (Fsp3) is 0.300. The van der Waals surface area contributed by atoms with Crippen LogP contribution in [0, 0.1) is 5.82 Å². The van der Waals surface area contributed by atoms with Crippen molar-refractivity contribution in [1.29, 1.82) is 0 Å². The van der Waals surface area contributed by atoms with Gasteiger partial charge in [0.15, 0.2) is 0 Å². The summed E-state index contributed by atoms with van der Waals surface area (Å²) in [5.41, 5.74) is 0.131. The van der Waals surface area contributed by atoms with E-state index >= 15 is 0 Å². The Hall–Kier alpha value is -2.90. The molecule has 1 aliphatic rings. The number of carbonyl (C=O) groups is 1. The van der Waals surface area contributed by atoms with Gasteiger partial charge in [-0.3, -0.25) is 4.79 Å². The number of likely N-dealkylation sites (tertiary alicyclic amines) is 1. The predicted molar refractivity (Wildman–Crippen MR) is 95.4 cm³/mol. The van der Waals surface area contributed by atoms with E-state index in [2.05, 4.69) is 9.97 Å². The molecule has 0 aliphatic carbocycles. The first-order chi connectivity index (χ1) is 13.3. The molecule has 8 heteroatoms. The molecule has 4 nitrogen and oxygen atoms in total. The number of amides is 1. The normalized spacial score (nSPS) is 17.9. The van der Waals surface area contributed by atoms with Crippen molar-refractivity contribution in [3.63, 3.8) is 0 Å². The Kier molecular flexibility index (Phi) is 4.56. The molecule has 2 heterocycles. The number of hydrogen-bond acceptors (Lipinski definition) is 2. The van der Waals surface area contributed by atoms with Crippen LogP contribution >= 0.6 is 0 Å². The van der Waals surface area contributed by atoms with Gasteiger partial charge in [-0.15, -0.1) is 0 Å². The fourth-order valence-electron chi connectivity index (χ4n) is 3.61. The van der Waals surface area contributed by atoms with Gasteiger partial charge in [-0.25, -0.2) is 9.37 Å². The van der Waals surface area contributed by atoms with E-state index in [-0.39, 0.29) is 11.5 Å². The number of H-pyrrole nitrogens is 1. The molecular formula is C20H17F4N3O. The van der Waals surface area contributed by atoms with E-state index in [9.17, 15) is 22.4 Å². The highest BCUT2D eigenvalue weighted by molar-refractivity contribution is 5.94. The summed E-state index contributed by atoms with van der Waals surface area (Å²) in [5.74, 6) is -1.20. The second-order valence-corrected chi connectivity index (χ2v) is 6.92. The van der Waals surface area contributed by atoms with Crippen LogP contribution in [0.5, 0.6) is 0 Å². The standard InChI is InChI=1S/C20H17F4N3O/c21-15-8-7-12(10-14(15)20(22,23)24)19(28)27-9-3-4-13(11-27)18-25-16-5-1-2-6-17(16)26-18/h1-2,5-8,10,13H,3-4,9,11H2,(H,25,26). The van der Waals surface area contributed by atoms with Gasteiger partial charge in [0.25, 0.3) is 5.91 Å². The number of imidazole rings is 1. The molecule has 4 rings (SSSR count). The Balaban J connectivity index is 1.57. The van der Waals surface area contributed by atoms with Gasteiger partial charge in [0, 0.05) is 24.6 Å². The number of fused-ring (bicyclic) bond motifs is 1. The molecule has 1 fully saturated rings. The number of nitrogens with one attached hydrogen (secondary N) is 1. The van der Waals surface area contributed by atoms with Crippen LogP contribution in [0.1, 0.15) is 40.5 Å².